The first-order valence-electron chi connectivity index (χ1n) is 4.78. The fourth-order valence-corrected chi connectivity index (χ4v) is 1.07. The van der Waals surface area contributed by atoms with Crippen molar-refractivity contribution in [1.29, 1.82) is 0 Å². The Morgan fingerprint density at radius 3 is 2.87 bits per heavy atom. The molecule has 5 heteroatoms. The van der Waals surface area contributed by atoms with E-state index in [1.807, 2.05) is 7.05 Å². The molecule has 0 spiro atoms. The van der Waals surface area contributed by atoms with E-state index in [1.165, 1.54) is 12.1 Å². The molecular formula is C10H14FN3O. The molecule has 82 valence electrons. The molecule has 1 amide bonds. The smallest absolute Gasteiger partial charge is 0.269 e. The van der Waals surface area contributed by atoms with Crippen molar-refractivity contribution in [2.24, 2.45) is 0 Å². The van der Waals surface area contributed by atoms with Crippen molar-refractivity contribution >= 4 is 5.91 Å². The van der Waals surface area contributed by atoms with Crippen molar-refractivity contribution in [3.05, 3.63) is 29.8 Å². The van der Waals surface area contributed by atoms with Crippen LogP contribution in [0.1, 0.15) is 16.9 Å². The van der Waals surface area contributed by atoms with Crippen LogP contribution in [0.25, 0.3) is 0 Å². The normalized spacial score (nSPS) is 10.0. The molecule has 1 rings (SSSR count). The summed E-state index contributed by atoms with van der Waals surface area (Å²) in [6, 6.07) is 2.58. The van der Waals surface area contributed by atoms with Gasteiger partial charge in [0.05, 0.1) is 6.20 Å². The highest BCUT2D eigenvalue weighted by Crippen LogP contribution is 1.97. The Kier molecular flexibility index (Phi) is 4.70. The number of carbonyl (C=O) groups excluding carboxylic acids is 1. The molecule has 0 saturated heterocycles. The van der Waals surface area contributed by atoms with E-state index in [0.717, 1.165) is 19.2 Å². The maximum atomic E-state index is 12.5. The van der Waals surface area contributed by atoms with Crippen LogP contribution in [-0.2, 0) is 0 Å². The van der Waals surface area contributed by atoms with Crippen LogP contribution in [0, 0.1) is 5.82 Å². The number of amides is 1. The predicted molar refractivity (Wildman–Crippen MR) is 55.1 cm³/mol. The lowest BCUT2D eigenvalue weighted by molar-refractivity contribution is 0.0948. The van der Waals surface area contributed by atoms with E-state index in [0.29, 0.717) is 6.54 Å². The Hall–Kier alpha value is -1.49. The van der Waals surface area contributed by atoms with Crippen molar-refractivity contribution < 1.29 is 9.18 Å². The standard InChI is InChI=1S/C10H14FN3O/c1-12-5-2-6-13-10(15)9-4-3-8(11)7-14-9/h3-4,7,12H,2,5-6H2,1H3,(H,13,15). The second-order valence-corrected chi connectivity index (χ2v) is 3.07. The zero-order chi connectivity index (χ0) is 11.1. The molecule has 0 aromatic carbocycles. The van der Waals surface area contributed by atoms with Crippen molar-refractivity contribution in [1.82, 2.24) is 15.6 Å². The molecule has 0 unspecified atom stereocenters. The van der Waals surface area contributed by atoms with Gasteiger partial charge in [0.2, 0.25) is 0 Å². The molecule has 0 aliphatic carbocycles. The zero-order valence-electron chi connectivity index (χ0n) is 8.59. The van der Waals surface area contributed by atoms with E-state index < -0.39 is 5.82 Å². The second kappa shape index (κ2) is 6.08. The average molecular weight is 211 g/mol. The summed E-state index contributed by atoms with van der Waals surface area (Å²) in [5.74, 6) is -0.715. The lowest BCUT2D eigenvalue weighted by atomic mass is 10.3. The number of aromatic nitrogens is 1. The van der Waals surface area contributed by atoms with Gasteiger partial charge >= 0.3 is 0 Å². The largest absolute Gasteiger partial charge is 0.351 e. The molecule has 0 radical (unpaired) electrons. The van der Waals surface area contributed by atoms with Gasteiger partial charge in [0.15, 0.2) is 0 Å². The van der Waals surface area contributed by atoms with Gasteiger partial charge in [-0.3, -0.25) is 4.79 Å². The highest BCUT2D eigenvalue weighted by molar-refractivity contribution is 5.92. The Balaban J connectivity index is 2.37. The third kappa shape index (κ3) is 4.03. The molecule has 15 heavy (non-hydrogen) atoms. The van der Waals surface area contributed by atoms with Gasteiger partial charge in [-0.25, -0.2) is 9.37 Å². The molecule has 1 aromatic heterocycles. The Bertz CT molecular complexity index is 313. The van der Waals surface area contributed by atoms with Crippen molar-refractivity contribution in [2.45, 2.75) is 6.42 Å². The fraction of sp³-hybridized carbons (Fsp3) is 0.400. The van der Waals surface area contributed by atoms with E-state index in [4.69, 9.17) is 0 Å². The van der Waals surface area contributed by atoms with Crippen LogP contribution < -0.4 is 10.6 Å². The summed E-state index contributed by atoms with van der Waals surface area (Å²) >= 11 is 0. The van der Waals surface area contributed by atoms with Gasteiger partial charge in [-0.2, -0.15) is 0 Å². The minimum atomic E-state index is -0.443. The summed E-state index contributed by atoms with van der Waals surface area (Å²) in [4.78, 5) is 15.1. The Labute approximate surface area is 87.9 Å². The van der Waals surface area contributed by atoms with E-state index in [-0.39, 0.29) is 11.6 Å². The van der Waals surface area contributed by atoms with Crippen LogP contribution in [0.3, 0.4) is 0 Å². The number of hydrogen-bond donors (Lipinski definition) is 2. The topological polar surface area (TPSA) is 54.0 Å². The van der Waals surface area contributed by atoms with Gasteiger partial charge in [-0.15, -0.1) is 0 Å². The number of nitrogens with zero attached hydrogens (tertiary/aromatic N) is 1. The zero-order valence-corrected chi connectivity index (χ0v) is 8.59. The number of halogens is 1. The highest BCUT2D eigenvalue weighted by atomic mass is 19.1. The van der Waals surface area contributed by atoms with Gasteiger partial charge in [0.25, 0.3) is 5.91 Å². The molecule has 4 nitrogen and oxygen atoms in total. The third-order valence-electron chi connectivity index (χ3n) is 1.85. The van der Waals surface area contributed by atoms with E-state index in [9.17, 15) is 9.18 Å². The second-order valence-electron chi connectivity index (χ2n) is 3.07. The molecular weight excluding hydrogens is 197 g/mol. The van der Waals surface area contributed by atoms with E-state index in [1.54, 1.807) is 0 Å². The molecule has 1 heterocycles. The van der Waals surface area contributed by atoms with Crippen molar-refractivity contribution in [3.63, 3.8) is 0 Å². The molecule has 0 atom stereocenters. The number of rotatable bonds is 5. The summed E-state index contributed by atoms with van der Waals surface area (Å²) in [5.41, 5.74) is 0.237. The average Bonchev–Trinajstić information content (AvgIpc) is 2.25. The lowest BCUT2D eigenvalue weighted by Gasteiger charge is -2.03. The van der Waals surface area contributed by atoms with Gasteiger partial charge < -0.3 is 10.6 Å². The lowest BCUT2D eigenvalue weighted by Crippen LogP contribution is -2.27. The van der Waals surface area contributed by atoms with Crippen molar-refractivity contribution in [2.75, 3.05) is 20.1 Å². The molecule has 2 N–H and O–H groups in total. The maximum Gasteiger partial charge on any atom is 0.269 e. The molecule has 1 aromatic rings. The van der Waals surface area contributed by atoms with Crippen LogP contribution in [-0.4, -0.2) is 31.0 Å². The molecule has 0 aliphatic heterocycles. The monoisotopic (exact) mass is 211 g/mol. The number of carbonyl (C=O) groups is 1. The molecule has 0 saturated carbocycles. The summed E-state index contributed by atoms with van der Waals surface area (Å²) in [7, 11) is 1.85. The molecule has 0 fully saturated rings. The van der Waals surface area contributed by atoms with Crippen LogP contribution in [0.5, 0.6) is 0 Å². The number of nitrogens with one attached hydrogen (secondary N) is 2. The van der Waals surface area contributed by atoms with E-state index in [2.05, 4.69) is 15.6 Å². The Morgan fingerprint density at radius 2 is 2.27 bits per heavy atom. The highest BCUT2D eigenvalue weighted by Gasteiger charge is 2.05. The van der Waals surface area contributed by atoms with Gasteiger partial charge in [-0.05, 0) is 32.1 Å². The van der Waals surface area contributed by atoms with Crippen LogP contribution in [0.15, 0.2) is 18.3 Å². The summed E-state index contributed by atoms with van der Waals surface area (Å²) < 4.78 is 12.5. The number of hydrogen-bond acceptors (Lipinski definition) is 3. The predicted octanol–water partition coefficient (Wildman–Crippen LogP) is 0.560. The van der Waals surface area contributed by atoms with Crippen molar-refractivity contribution in [3.8, 4) is 0 Å². The van der Waals surface area contributed by atoms with Crippen LogP contribution in [0.2, 0.25) is 0 Å². The minimum absolute atomic E-state index is 0.237. The number of pyridine rings is 1. The maximum absolute atomic E-state index is 12.5. The first-order valence-corrected chi connectivity index (χ1v) is 4.78. The summed E-state index contributed by atoms with van der Waals surface area (Å²) in [6.45, 7) is 1.43. The summed E-state index contributed by atoms with van der Waals surface area (Å²) in [6.07, 6.45) is 1.88. The summed E-state index contributed by atoms with van der Waals surface area (Å²) in [5, 5.41) is 5.66. The fourth-order valence-electron chi connectivity index (χ4n) is 1.07. The molecule has 0 aliphatic rings. The molecule has 0 bridgehead atoms. The Morgan fingerprint density at radius 1 is 1.47 bits per heavy atom. The van der Waals surface area contributed by atoms with Gasteiger partial charge in [0, 0.05) is 6.54 Å². The first kappa shape index (κ1) is 11.6. The quantitative estimate of drug-likeness (QED) is 0.700. The van der Waals surface area contributed by atoms with E-state index >= 15 is 0 Å². The van der Waals surface area contributed by atoms with Crippen LogP contribution >= 0.6 is 0 Å². The first-order chi connectivity index (χ1) is 7.24. The minimum Gasteiger partial charge on any atom is -0.351 e. The third-order valence-corrected chi connectivity index (χ3v) is 1.85. The van der Waals surface area contributed by atoms with Crippen LogP contribution in [0.4, 0.5) is 4.39 Å². The van der Waals surface area contributed by atoms with Gasteiger partial charge in [0.1, 0.15) is 11.5 Å². The SMILES string of the molecule is CNCCCNC(=O)c1ccc(F)cn1. The van der Waals surface area contributed by atoms with Gasteiger partial charge in [-0.1, -0.05) is 0 Å².